The van der Waals surface area contributed by atoms with Gasteiger partial charge in [-0.2, -0.15) is 0 Å². The van der Waals surface area contributed by atoms with Gasteiger partial charge in [-0.15, -0.1) is 0 Å². The fourth-order valence-electron chi connectivity index (χ4n) is 3.29. The number of esters is 2. The Morgan fingerprint density at radius 3 is 1.88 bits per heavy atom. The van der Waals surface area contributed by atoms with Crippen molar-refractivity contribution in [1.82, 2.24) is 5.32 Å². The molecule has 0 radical (unpaired) electrons. The van der Waals surface area contributed by atoms with Crippen LogP contribution >= 0.6 is 0 Å². The molecule has 0 aliphatic heterocycles. The fraction of sp³-hybridized carbons (Fsp3) is 0.500. The number of rotatable bonds is 8. The number of nitrogens with one attached hydrogen (secondary N) is 1. The maximum absolute atomic E-state index is 12.8. The Kier molecular flexibility index (Phi) is 8.42. The Labute approximate surface area is 190 Å². The molecule has 0 unspecified atom stereocenters. The quantitative estimate of drug-likeness (QED) is 0.607. The van der Waals surface area contributed by atoms with Gasteiger partial charge in [-0.05, 0) is 64.3 Å². The summed E-state index contributed by atoms with van der Waals surface area (Å²) >= 11 is 0. The van der Waals surface area contributed by atoms with E-state index in [0.717, 1.165) is 16.3 Å². The van der Waals surface area contributed by atoms with E-state index < -0.39 is 29.1 Å². The first-order valence-corrected chi connectivity index (χ1v) is 11.0. The highest BCUT2D eigenvalue weighted by Gasteiger charge is 2.29. The van der Waals surface area contributed by atoms with Gasteiger partial charge in [-0.1, -0.05) is 42.5 Å². The molecule has 0 saturated heterocycles. The van der Waals surface area contributed by atoms with Gasteiger partial charge in [0.15, 0.2) is 0 Å². The Bertz CT molecular complexity index is 923. The van der Waals surface area contributed by atoms with Crippen LogP contribution in [-0.4, -0.2) is 35.6 Å². The molecule has 1 amide bonds. The van der Waals surface area contributed by atoms with Gasteiger partial charge in [0.05, 0.1) is 18.8 Å². The Morgan fingerprint density at radius 1 is 0.812 bits per heavy atom. The van der Waals surface area contributed by atoms with Crippen molar-refractivity contribution in [2.45, 2.75) is 72.0 Å². The third kappa shape index (κ3) is 9.08. The third-order valence-electron chi connectivity index (χ3n) is 4.56. The van der Waals surface area contributed by atoms with E-state index in [1.54, 1.807) is 41.5 Å². The van der Waals surface area contributed by atoms with E-state index in [9.17, 15) is 14.4 Å². The fourth-order valence-corrected chi connectivity index (χ4v) is 3.29. The van der Waals surface area contributed by atoms with Crippen LogP contribution in [0.2, 0.25) is 0 Å². The van der Waals surface area contributed by atoms with Crippen LogP contribution in [0.15, 0.2) is 42.5 Å². The summed E-state index contributed by atoms with van der Waals surface area (Å²) in [5, 5.41) is 5.17. The highest BCUT2D eigenvalue weighted by molar-refractivity contribution is 5.87. The van der Waals surface area contributed by atoms with Crippen molar-refractivity contribution in [2.24, 2.45) is 5.92 Å². The van der Waals surface area contributed by atoms with Crippen molar-refractivity contribution in [3.63, 3.8) is 0 Å². The average molecular weight is 442 g/mol. The van der Waals surface area contributed by atoms with Gasteiger partial charge >= 0.3 is 11.9 Å². The number of carbonyl (C=O) groups excluding carboxylic acids is 3. The molecule has 6 nitrogen and oxygen atoms in total. The third-order valence-corrected chi connectivity index (χ3v) is 4.56. The lowest BCUT2D eigenvalue weighted by Gasteiger charge is -2.23. The topological polar surface area (TPSA) is 81.7 Å². The van der Waals surface area contributed by atoms with Crippen LogP contribution in [0, 0.1) is 5.92 Å². The largest absolute Gasteiger partial charge is 0.460 e. The Hall–Kier alpha value is -2.89. The molecule has 0 saturated carbocycles. The van der Waals surface area contributed by atoms with E-state index in [4.69, 9.17) is 9.47 Å². The molecular formula is C26H35NO5. The maximum atomic E-state index is 12.8. The number of carbonyl (C=O) groups is 3. The van der Waals surface area contributed by atoms with Crippen molar-refractivity contribution in [2.75, 3.05) is 6.54 Å². The molecule has 174 valence electrons. The predicted molar refractivity (Wildman–Crippen MR) is 125 cm³/mol. The second-order valence-electron chi connectivity index (χ2n) is 10.0. The molecule has 0 bridgehead atoms. The van der Waals surface area contributed by atoms with Gasteiger partial charge in [0.2, 0.25) is 5.91 Å². The standard InChI is InChI=1S/C26H35NO5/c1-25(2,3)31-22(28)16-21(17-23(29)32-26(4,5)6)24(30)27-14-13-18-11-12-19-9-7-8-10-20(19)15-18/h7-12,15,21H,13-14,16-17H2,1-6H3,(H,27,30). The zero-order valence-corrected chi connectivity index (χ0v) is 20.0. The number of ether oxygens (including phenoxy) is 2. The lowest BCUT2D eigenvalue weighted by atomic mass is 9.99. The smallest absolute Gasteiger partial charge is 0.307 e. The summed E-state index contributed by atoms with van der Waals surface area (Å²) in [5.41, 5.74) is -0.236. The van der Waals surface area contributed by atoms with E-state index in [-0.39, 0.29) is 18.7 Å². The van der Waals surface area contributed by atoms with Crippen molar-refractivity contribution >= 4 is 28.6 Å². The Morgan fingerprint density at radius 2 is 1.34 bits per heavy atom. The van der Waals surface area contributed by atoms with Gasteiger partial charge in [-0.3, -0.25) is 14.4 Å². The summed E-state index contributed by atoms with van der Waals surface area (Å²) in [7, 11) is 0. The molecule has 0 spiro atoms. The van der Waals surface area contributed by atoms with Gasteiger partial charge in [0.25, 0.3) is 0 Å². The second kappa shape index (κ2) is 10.6. The first-order chi connectivity index (χ1) is 14.8. The van der Waals surface area contributed by atoms with Crippen LogP contribution in [0.3, 0.4) is 0 Å². The minimum absolute atomic E-state index is 0.182. The SMILES string of the molecule is CC(C)(C)OC(=O)CC(CC(=O)OC(C)(C)C)C(=O)NCCc1ccc2ccccc2c1. The summed E-state index contributed by atoms with van der Waals surface area (Å²) in [6.45, 7) is 11.0. The van der Waals surface area contributed by atoms with E-state index in [1.807, 2.05) is 18.2 Å². The molecule has 0 aliphatic rings. The molecule has 32 heavy (non-hydrogen) atoms. The monoisotopic (exact) mass is 441 g/mol. The molecule has 0 fully saturated rings. The lowest BCUT2D eigenvalue weighted by Crippen LogP contribution is -2.37. The first kappa shape index (κ1) is 25.4. The summed E-state index contributed by atoms with van der Waals surface area (Å²) in [4.78, 5) is 37.4. The number of benzene rings is 2. The second-order valence-corrected chi connectivity index (χ2v) is 10.0. The van der Waals surface area contributed by atoms with E-state index in [0.29, 0.717) is 13.0 Å². The van der Waals surface area contributed by atoms with Crippen LogP contribution in [0.25, 0.3) is 10.8 Å². The summed E-state index contributed by atoms with van der Waals surface area (Å²) in [5.74, 6) is -2.25. The summed E-state index contributed by atoms with van der Waals surface area (Å²) in [6, 6.07) is 14.3. The molecule has 1 N–H and O–H groups in total. The number of hydrogen-bond donors (Lipinski definition) is 1. The van der Waals surface area contributed by atoms with Crippen LogP contribution in [0.4, 0.5) is 0 Å². The van der Waals surface area contributed by atoms with Crippen molar-refractivity contribution in [3.8, 4) is 0 Å². The Balaban J connectivity index is 1.99. The van der Waals surface area contributed by atoms with Crippen molar-refractivity contribution in [1.29, 1.82) is 0 Å². The highest BCUT2D eigenvalue weighted by atomic mass is 16.6. The highest BCUT2D eigenvalue weighted by Crippen LogP contribution is 2.19. The van der Waals surface area contributed by atoms with Gasteiger partial charge in [-0.25, -0.2) is 0 Å². The lowest BCUT2D eigenvalue weighted by molar-refractivity contribution is -0.161. The predicted octanol–water partition coefficient (Wildman–Crippen LogP) is 4.58. The van der Waals surface area contributed by atoms with E-state index in [1.165, 1.54) is 0 Å². The molecule has 6 heteroatoms. The molecule has 2 aromatic carbocycles. The van der Waals surface area contributed by atoms with E-state index >= 15 is 0 Å². The molecule has 0 aromatic heterocycles. The number of fused-ring (bicyclic) bond motifs is 1. The normalized spacial score (nSPS) is 12.0. The van der Waals surface area contributed by atoms with Gasteiger partial charge in [0, 0.05) is 6.54 Å². The average Bonchev–Trinajstić information content (AvgIpc) is 2.64. The summed E-state index contributed by atoms with van der Waals surface area (Å²) < 4.78 is 10.7. The maximum Gasteiger partial charge on any atom is 0.307 e. The minimum Gasteiger partial charge on any atom is -0.460 e. The zero-order valence-electron chi connectivity index (χ0n) is 20.0. The molecule has 0 atom stereocenters. The molecule has 0 aliphatic carbocycles. The molecule has 2 aromatic rings. The van der Waals surface area contributed by atoms with Crippen LogP contribution in [0.5, 0.6) is 0 Å². The molecule has 0 heterocycles. The summed E-state index contributed by atoms with van der Waals surface area (Å²) in [6.07, 6.45) is 0.277. The van der Waals surface area contributed by atoms with Gasteiger partial charge in [0.1, 0.15) is 11.2 Å². The van der Waals surface area contributed by atoms with Crippen molar-refractivity contribution in [3.05, 3.63) is 48.0 Å². The molecular weight excluding hydrogens is 406 g/mol. The van der Waals surface area contributed by atoms with Crippen LogP contribution in [0.1, 0.15) is 59.9 Å². The first-order valence-electron chi connectivity index (χ1n) is 11.0. The van der Waals surface area contributed by atoms with Crippen LogP contribution in [-0.2, 0) is 30.3 Å². The molecule has 2 rings (SSSR count). The zero-order chi connectivity index (χ0) is 23.9. The van der Waals surface area contributed by atoms with Gasteiger partial charge < -0.3 is 14.8 Å². The number of hydrogen-bond acceptors (Lipinski definition) is 5. The number of amides is 1. The van der Waals surface area contributed by atoms with E-state index in [2.05, 4.69) is 29.6 Å². The minimum atomic E-state index is -0.851. The van der Waals surface area contributed by atoms with Crippen molar-refractivity contribution < 1.29 is 23.9 Å². The van der Waals surface area contributed by atoms with Crippen LogP contribution < -0.4 is 5.32 Å².